The summed E-state index contributed by atoms with van der Waals surface area (Å²) in [4.78, 5) is 24.3. The van der Waals surface area contributed by atoms with Crippen LogP contribution in [-0.4, -0.2) is 58.8 Å². The average Bonchev–Trinajstić information content (AvgIpc) is 2.72. The first-order valence-electron chi connectivity index (χ1n) is 5.66. The quantitative estimate of drug-likeness (QED) is 0.566. The van der Waals surface area contributed by atoms with Crippen LogP contribution in [0.4, 0.5) is 0 Å². The molecule has 18 heavy (non-hydrogen) atoms. The largest absolute Gasteiger partial charge is 0.425 e. The maximum atomic E-state index is 11.4. The molecule has 0 aliphatic carbocycles. The van der Waals surface area contributed by atoms with Gasteiger partial charge in [0, 0.05) is 12.2 Å². The summed E-state index contributed by atoms with van der Waals surface area (Å²) in [5, 5.41) is 20.1. The number of carbonyl (C=O) groups is 2. The number of hydrogen-bond donors (Lipinski definition) is 2. The molecule has 3 atom stereocenters. The van der Waals surface area contributed by atoms with Gasteiger partial charge in [-0.2, -0.15) is 0 Å². The summed E-state index contributed by atoms with van der Waals surface area (Å²) in [7, 11) is 1.73. The predicted octanol–water partition coefficient (Wildman–Crippen LogP) is -1.26. The van der Waals surface area contributed by atoms with Crippen molar-refractivity contribution in [2.75, 3.05) is 13.6 Å². The average molecular weight is 257 g/mol. The zero-order chi connectivity index (χ0) is 13.3. The molecule has 1 saturated heterocycles. The highest BCUT2D eigenvalue weighted by Gasteiger charge is 2.53. The van der Waals surface area contributed by atoms with Crippen LogP contribution in [0.2, 0.25) is 0 Å². The van der Waals surface area contributed by atoms with Gasteiger partial charge in [0.25, 0.3) is 12.1 Å². The maximum Gasteiger partial charge on any atom is 0.333 e. The molecule has 0 amide bonds. The molecule has 0 radical (unpaired) electrons. The number of hydrogen-bond acceptors (Lipinski definition) is 7. The maximum absolute atomic E-state index is 11.4. The van der Waals surface area contributed by atoms with Gasteiger partial charge in [-0.1, -0.05) is 0 Å². The summed E-state index contributed by atoms with van der Waals surface area (Å²) in [6.07, 6.45) is 1.10. The van der Waals surface area contributed by atoms with Gasteiger partial charge in [0.15, 0.2) is 0 Å². The summed E-state index contributed by atoms with van der Waals surface area (Å²) in [6, 6.07) is -0.615. The molecule has 7 heteroatoms. The molecule has 2 N–H and O–H groups in total. The Morgan fingerprint density at radius 2 is 2.06 bits per heavy atom. The molecule has 2 unspecified atom stereocenters. The lowest BCUT2D eigenvalue weighted by atomic mass is 10.0. The Labute approximate surface area is 104 Å². The van der Waals surface area contributed by atoms with Crippen molar-refractivity contribution in [3.8, 4) is 0 Å². The molecular formula is C11H15NO6. The molecule has 7 nitrogen and oxygen atoms in total. The minimum Gasteiger partial charge on any atom is -0.425 e. The number of ether oxygens (including phenoxy) is 2. The summed E-state index contributed by atoms with van der Waals surface area (Å²) in [5.41, 5.74) is 0. The van der Waals surface area contributed by atoms with Crippen molar-refractivity contribution in [3.63, 3.8) is 0 Å². The van der Waals surface area contributed by atoms with Crippen molar-refractivity contribution in [1.82, 2.24) is 4.90 Å². The van der Waals surface area contributed by atoms with Crippen molar-refractivity contribution in [2.45, 2.75) is 31.0 Å². The predicted molar refractivity (Wildman–Crippen MR) is 57.9 cm³/mol. The molecule has 1 fully saturated rings. The number of likely N-dealkylation sites (N-methyl/N-ethyl adjacent to an activating group) is 1. The standard InChI is InChI=1S/C11H15NO6/c1-12-6-2-3-7(12)11(16)10(15)17-8(13)4-5-9(14)18-11/h4-5,7,10,15-16H,2-3,6H2,1H3/b5-4+/t7-,10?,11?/m0/s1. The Morgan fingerprint density at radius 3 is 2.67 bits per heavy atom. The highest BCUT2D eigenvalue weighted by molar-refractivity contribution is 5.92. The second kappa shape index (κ2) is 4.68. The normalized spacial score (nSPS) is 39.7. The molecule has 2 rings (SSSR count). The minimum absolute atomic E-state index is 0.526. The first kappa shape index (κ1) is 13.0. The summed E-state index contributed by atoms with van der Waals surface area (Å²) >= 11 is 0. The number of esters is 2. The molecular weight excluding hydrogens is 242 g/mol. The SMILES string of the molecule is CN1CCC[C@H]1C1(O)OC(=O)/C=C/C(=O)OC1O. The van der Waals surface area contributed by atoms with E-state index in [0.717, 1.165) is 18.6 Å². The van der Waals surface area contributed by atoms with Gasteiger partial charge in [0.05, 0.1) is 6.04 Å². The number of rotatable bonds is 1. The van der Waals surface area contributed by atoms with Crippen LogP contribution in [0.5, 0.6) is 0 Å². The summed E-state index contributed by atoms with van der Waals surface area (Å²) in [6.45, 7) is 0.695. The zero-order valence-electron chi connectivity index (χ0n) is 9.91. The molecule has 2 heterocycles. The molecule has 100 valence electrons. The van der Waals surface area contributed by atoms with Gasteiger partial charge in [0.1, 0.15) is 0 Å². The van der Waals surface area contributed by atoms with Gasteiger partial charge in [-0.05, 0) is 26.4 Å². The van der Waals surface area contributed by atoms with Crippen molar-refractivity contribution < 1.29 is 29.3 Å². The van der Waals surface area contributed by atoms with E-state index < -0.39 is 30.1 Å². The third kappa shape index (κ3) is 2.24. The second-order valence-corrected chi connectivity index (χ2v) is 4.43. The van der Waals surface area contributed by atoms with E-state index in [2.05, 4.69) is 4.74 Å². The van der Waals surface area contributed by atoms with E-state index in [1.807, 2.05) is 0 Å². The van der Waals surface area contributed by atoms with Gasteiger partial charge in [-0.3, -0.25) is 4.90 Å². The Morgan fingerprint density at radius 1 is 1.39 bits per heavy atom. The molecule has 0 bridgehead atoms. The zero-order valence-corrected chi connectivity index (χ0v) is 9.91. The van der Waals surface area contributed by atoms with Crippen LogP contribution in [0.1, 0.15) is 12.8 Å². The molecule has 0 saturated carbocycles. The second-order valence-electron chi connectivity index (χ2n) is 4.43. The number of aliphatic hydroxyl groups is 2. The van der Waals surface area contributed by atoms with Crippen LogP contribution in [0.15, 0.2) is 12.2 Å². The van der Waals surface area contributed by atoms with Crippen molar-refractivity contribution in [3.05, 3.63) is 12.2 Å². The van der Waals surface area contributed by atoms with E-state index in [4.69, 9.17) is 4.74 Å². The summed E-state index contributed by atoms with van der Waals surface area (Å²) < 4.78 is 9.45. The van der Waals surface area contributed by atoms with Gasteiger partial charge >= 0.3 is 11.9 Å². The Hall–Kier alpha value is -1.44. The van der Waals surface area contributed by atoms with Gasteiger partial charge < -0.3 is 19.7 Å². The van der Waals surface area contributed by atoms with Crippen LogP contribution in [0.25, 0.3) is 0 Å². The summed E-state index contributed by atoms with van der Waals surface area (Å²) in [5.74, 6) is -4.05. The highest BCUT2D eigenvalue weighted by atomic mass is 16.7. The number of cyclic esters (lactones) is 2. The Balaban J connectivity index is 2.30. The lowest BCUT2D eigenvalue weighted by molar-refractivity contribution is -0.318. The fourth-order valence-corrected chi connectivity index (χ4v) is 2.28. The van der Waals surface area contributed by atoms with Crippen LogP contribution >= 0.6 is 0 Å². The smallest absolute Gasteiger partial charge is 0.333 e. The van der Waals surface area contributed by atoms with E-state index in [0.29, 0.717) is 13.0 Å². The lowest BCUT2D eigenvalue weighted by Crippen LogP contribution is -2.60. The topological polar surface area (TPSA) is 96.3 Å². The molecule has 2 aliphatic heterocycles. The van der Waals surface area contributed by atoms with Gasteiger partial charge in [-0.15, -0.1) is 0 Å². The molecule has 2 aliphatic rings. The van der Waals surface area contributed by atoms with Gasteiger partial charge in [0.2, 0.25) is 0 Å². The van der Waals surface area contributed by atoms with Crippen LogP contribution < -0.4 is 0 Å². The first-order chi connectivity index (χ1) is 8.43. The van der Waals surface area contributed by atoms with E-state index >= 15 is 0 Å². The molecule has 0 aromatic heterocycles. The van der Waals surface area contributed by atoms with Crippen molar-refractivity contribution >= 4 is 11.9 Å². The van der Waals surface area contributed by atoms with Gasteiger partial charge in [-0.25, -0.2) is 9.59 Å². The fraction of sp³-hybridized carbons (Fsp3) is 0.636. The minimum atomic E-state index is -2.25. The third-order valence-electron chi connectivity index (χ3n) is 3.20. The monoisotopic (exact) mass is 257 g/mol. The van der Waals surface area contributed by atoms with Crippen LogP contribution in [0.3, 0.4) is 0 Å². The van der Waals surface area contributed by atoms with Crippen molar-refractivity contribution in [1.29, 1.82) is 0 Å². The van der Waals surface area contributed by atoms with Crippen LogP contribution in [-0.2, 0) is 19.1 Å². The van der Waals surface area contributed by atoms with E-state index in [-0.39, 0.29) is 0 Å². The van der Waals surface area contributed by atoms with Crippen molar-refractivity contribution in [2.24, 2.45) is 0 Å². The number of aliphatic hydroxyl groups excluding tert-OH is 1. The van der Waals surface area contributed by atoms with E-state index in [9.17, 15) is 19.8 Å². The number of nitrogens with zero attached hydrogens (tertiary/aromatic N) is 1. The first-order valence-corrected chi connectivity index (χ1v) is 5.66. The third-order valence-corrected chi connectivity index (χ3v) is 3.20. The molecule has 0 aromatic rings. The molecule has 0 aromatic carbocycles. The Bertz CT molecular complexity index is 395. The highest BCUT2D eigenvalue weighted by Crippen LogP contribution is 2.31. The van der Waals surface area contributed by atoms with Crippen LogP contribution in [0, 0.1) is 0 Å². The lowest BCUT2D eigenvalue weighted by Gasteiger charge is -2.38. The fourth-order valence-electron chi connectivity index (χ4n) is 2.28. The number of carbonyl (C=O) groups excluding carboxylic acids is 2. The van der Waals surface area contributed by atoms with E-state index in [1.54, 1.807) is 11.9 Å². The Kier molecular flexibility index (Phi) is 3.38. The van der Waals surface area contributed by atoms with E-state index in [1.165, 1.54) is 0 Å². The number of likely N-dealkylation sites (tertiary alicyclic amines) is 1. The molecule has 0 spiro atoms.